The lowest BCUT2D eigenvalue weighted by Gasteiger charge is -2.05. The first kappa shape index (κ1) is 8.83. The van der Waals surface area contributed by atoms with Crippen LogP contribution >= 0.6 is 0 Å². The highest BCUT2D eigenvalue weighted by atomic mass is 16.1. The fourth-order valence-electron chi connectivity index (χ4n) is 1.81. The quantitative estimate of drug-likeness (QED) is 0.805. The molecule has 2 saturated carbocycles. The highest BCUT2D eigenvalue weighted by Gasteiger charge is 2.32. The van der Waals surface area contributed by atoms with Gasteiger partial charge >= 0.3 is 0 Å². The lowest BCUT2D eigenvalue weighted by Crippen LogP contribution is -2.16. The molecule has 0 radical (unpaired) electrons. The third-order valence-electron chi connectivity index (χ3n) is 3.01. The maximum Gasteiger partial charge on any atom is 0.252 e. The van der Waals surface area contributed by atoms with Crippen molar-refractivity contribution in [3.05, 3.63) is 23.3 Å². The van der Waals surface area contributed by atoms with Crippen molar-refractivity contribution in [2.75, 3.05) is 0 Å². The van der Waals surface area contributed by atoms with Crippen molar-refractivity contribution in [2.24, 2.45) is 5.73 Å². The van der Waals surface area contributed by atoms with Gasteiger partial charge < -0.3 is 5.73 Å². The Labute approximate surface area is 87.9 Å². The summed E-state index contributed by atoms with van der Waals surface area (Å²) in [6.45, 7) is 0. The number of hydrogen-bond donors (Lipinski definition) is 1. The maximum atomic E-state index is 11.2. The van der Waals surface area contributed by atoms with Crippen LogP contribution in [-0.4, -0.2) is 15.9 Å². The van der Waals surface area contributed by atoms with Crippen LogP contribution in [0.2, 0.25) is 0 Å². The van der Waals surface area contributed by atoms with Crippen LogP contribution in [0, 0.1) is 0 Å². The highest BCUT2D eigenvalue weighted by Crippen LogP contribution is 2.43. The first-order chi connectivity index (χ1) is 7.25. The lowest BCUT2D eigenvalue weighted by atomic mass is 10.1. The second-order valence-corrected chi connectivity index (χ2v) is 4.44. The van der Waals surface area contributed by atoms with E-state index in [-0.39, 0.29) is 0 Å². The Kier molecular flexibility index (Phi) is 1.78. The number of rotatable bonds is 3. The van der Waals surface area contributed by atoms with Gasteiger partial charge in [0.05, 0.1) is 11.3 Å². The van der Waals surface area contributed by atoms with Crippen molar-refractivity contribution in [1.82, 2.24) is 9.97 Å². The van der Waals surface area contributed by atoms with E-state index in [4.69, 9.17) is 5.73 Å². The molecule has 4 heteroatoms. The molecule has 0 atom stereocenters. The highest BCUT2D eigenvalue weighted by molar-refractivity contribution is 5.93. The van der Waals surface area contributed by atoms with E-state index in [0.717, 1.165) is 24.4 Å². The normalized spacial score (nSPS) is 20.3. The molecule has 0 bridgehead atoms. The van der Waals surface area contributed by atoms with Crippen molar-refractivity contribution in [1.29, 1.82) is 0 Å². The minimum Gasteiger partial charge on any atom is -0.365 e. The summed E-state index contributed by atoms with van der Waals surface area (Å²) >= 11 is 0. The van der Waals surface area contributed by atoms with Gasteiger partial charge in [-0.2, -0.15) is 0 Å². The largest absolute Gasteiger partial charge is 0.365 e. The van der Waals surface area contributed by atoms with E-state index in [1.165, 1.54) is 12.8 Å². The Bertz CT molecular complexity index is 422. The third kappa shape index (κ3) is 1.60. The van der Waals surface area contributed by atoms with E-state index in [0.29, 0.717) is 17.4 Å². The van der Waals surface area contributed by atoms with E-state index in [2.05, 4.69) is 9.97 Å². The van der Waals surface area contributed by atoms with E-state index in [9.17, 15) is 4.79 Å². The van der Waals surface area contributed by atoms with Gasteiger partial charge in [0.2, 0.25) is 0 Å². The molecule has 0 saturated heterocycles. The smallest absolute Gasteiger partial charge is 0.252 e. The van der Waals surface area contributed by atoms with Crippen LogP contribution in [0.5, 0.6) is 0 Å². The first-order valence-electron chi connectivity index (χ1n) is 5.42. The van der Waals surface area contributed by atoms with Gasteiger partial charge in [0.25, 0.3) is 5.91 Å². The minimum atomic E-state index is -0.403. The molecule has 0 aromatic carbocycles. The monoisotopic (exact) mass is 203 g/mol. The first-order valence-corrected chi connectivity index (χ1v) is 5.42. The summed E-state index contributed by atoms with van der Waals surface area (Å²) in [7, 11) is 0. The number of primary amides is 1. The summed E-state index contributed by atoms with van der Waals surface area (Å²) in [6, 6.07) is 0. The molecule has 15 heavy (non-hydrogen) atoms. The van der Waals surface area contributed by atoms with Crippen LogP contribution in [-0.2, 0) is 0 Å². The standard InChI is InChI=1S/C11H13N3O/c12-10(15)8-5-13-11(7-3-4-7)14-9(8)6-1-2-6/h5-7H,1-4H2,(H2,12,15). The van der Waals surface area contributed by atoms with Gasteiger partial charge in [-0.25, -0.2) is 9.97 Å². The van der Waals surface area contributed by atoms with Crippen LogP contribution in [0.3, 0.4) is 0 Å². The third-order valence-corrected chi connectivity index (χ3v) is 3.01. The van der Waals surface area contributed by atoms with Crippen molar-refractivity contribution in [3.8, 4) is 0 Å². The fourth-order valence-corrected chi connectivity index (χ4v) is 1.81. The van der Waals surface area contributed by atoms with Gasteiger partial charge in [0.15, 0.2) is 0 Å². The Morgan fingerprint density at radius 1 is 1.27 bits per heavy atom. The number of carbonyl (C=O) groups is 1. The minimum absolute atomic E-state index is 0.403. The van der Waals surface area contributed by atoms with Crippen molar-refractivity contribution < 1.29 is 4.79 Å². The maximum absolute atomic E-state index is 11.2. The molecule has 1 heterocycles. The number of amides is 1. The summed E-state index contributed by atoms with van der Waals surface area (Å²) in [6.07, 6.45) is 6.22. The van der Waals surface area contributed by atoms with Gasteiger partial charge in [-0.1, -0.05) is 0 Å². The van der Waals surface area contributed by atoms with Crippen molar-refractivity contribution >= 4 is 5.91 Å². The second-order valence-electron chi connectivity index (χ2n) is 4.44. The van der Waals surface area contributed by atoms with Gasteiger partial charge in [0, 0.05) is 18.0 Å². The van der Waals surface area contributed by atoms with Gasteiger partial charge in [-0.3, -0.25) is 4.79 Å². The number of aromatic nitrogens is 2. The molecular formula is C11H13N3O. The molecule has 0 unspecified atom stereocenters. The van der Waals surface area contributed by atoms with Crippen LogP contribution in [0.15, 0.2) is 6.20 Å². The Morgan fingerprint density at radius 2 is 1.93 bits per heavy atom. The molecule has 1 aromatic heterocycles. The van der Waals surface area contributed by atoms with E-state index >= 15 is 0 Å². The zero-order chi connectivity index (χ0) is 10.4. The molecular weight excluding hydrogens is 190 g/mol. The van der Waals surface area contributed by atoms with E-state index in [1.54, 1.807) is 6.20 Å². The van der Waals surface area contributed by atoms with Crippen LogP contribution in [0.4, 0.5) is 0 Å². The summed E-state index contributed by atoms with van der Waals surface area (Å²) in [4.78, 5) is 19.9. The number of hydrogen-bond acceptors (Lipinski definition) is 3. The molecule has 2 aliphatic carbocycles. The SMILES string of the molecule is NC(=O)c1cnc(C2CC2)nc1C1CC1. The Balaban J connectivity index is 2.03. The average molecular weight is 203 g/mol. The van der Waals surface area contributed by atoms with Gasteiger partial charge in [0.1, 0.15) is 5.82 Å². The molecule has 2 N–H and O–H groups in total. The second kappa shape index (κ2) is 3.02. The van der Waals surface area contributed by atoms with Gasteiger partial charge in [-0.05, 0) is 25.7 Å². The molecule has 0 spiro atoms. The zero-order valence-electron chi connectivity index (χ0n) is 8.44. The number of nitrogens with zero attached hydrogens (tertiary/aromatic N) is 2. The predicted molar refractivity (Wildman–Crippen MR) is 54.5 cm³/mol. The zero-order valence-corrected chi connectivity index (χ0v) is 8.44. The molecule has 78 valence electrons. The molecule has 1 aromatic rings. The predicted octanol–water partition coefficient (Wildman–Crippen LogP) is 1.33. The van der Waals surface area contributed by atoms with Crippen LogP contribution in [0.1, 0.15) is 59.4 Å². The van der Waals surface area contributed by atoms with Gasteiger partial charge in [-0.15, -0.1) is 0 Å². The summed E-state index contributed by atoms with van der Waals surface area (Å²) in [5.74, 6) is 1.48. The summed E-state index contributed by atoms with van der Waals surface area (Å²) < 4.78 is 0. The molecule has 1 amide bonds. The summed E-state index contributed by atoms with van der Waals surface area (Å²) in [5, 5.41) is 0. The van der Waals surface area contributed by atoms with Crippen molar-refractivity contribution in [3.63, 3.8) is 0 Å². The molecule has 0 aliphatic heterocycles. The summed E-state index contributed by atoms with van der Waals surface area (Å²) in [5.41, 5.74) is 6.71. The fraction of sp³-hybridized carbons (Fsp3) is 0.545. The van der Waals surface area contributed by atoms with Crippen LogP contribution in [0.25, 0.3) is 0 Å². The Morgan fingerprint density at radius 3 is 2.47 bits per heavy atom. The van der Waals surface area contributed by atoms with Crippen LogP contribution < -0.4 is 5.73 Å². The average Bonchev–Trinajstić information content (AvgIpc) is 3.07. The molecule has 2 aliphatic rings. The molecule has 3 rings (SSSR count). The number of nitrogens with two attached hydrogens (primary N) is 1. The topological polar surface area (TPSA) is 68.9 Å². The lowest BCUT2D eigenvalue weighted by molar-refractivity contribution is 0.0998. The number of carbonyl (C=O) groups excluding carboxylic acids is 1. The Hall–Kier alpha value is -1.45. The van der Waals surface area contributed by atoms with Crippen molar-refractivity contribution in [2.45, 2.75) is 37.5 Å². The van der Waals surface area contributed by atoms with E-state index in [1.807, 2.05) is 0 Å². The van der Waals surface area contributed by atoms with E-state index < -0.39 is 5.91 Å². The molecule has 4 nitrogen and oxygen atoms in total. The molecule has 2 fully saturated rings.